The average Bonchev–Trinajstić information content (AvgIpc) is 2.92. The molecule has 0 aliphatic carbocycles. The lowest BCUT2D eigenvalue weighted by Gasteiger charge is -2.18. The van der Waals surface area contributed by atoms with Crippen molar-refractivity contribution < 1.29 is 9.53 Å². The third kappa shape index (κ3) is 2.34. The molecule has 4 nitrogen and oxygen atoms in total. The first-order valence-electron chi connectivity index (χ1n) is 6.60. The molecule has 0 saturated carbocycles. The number of hydrogen-bond acceptors (Lipinski definition) is 3. The average molecular weight is 246 g/mol. The summed E-state index contributed by atoms with van der Waals surface area (Å²) in [6.07, 6.45) is 3.01. The smallest absolute Gasteiger partial charge is 0.228 e. The first-order chi connectivity index (χ1) is 8.83. The van der Waals surface area contributed by atoms with E-state index in [0.717, 1.165) is 50.4 Å². The number of fused-ring (bicyclic) bond motifs is 1. The van der Waals surface area contributed by atoms with Gasteiger partial charge in [0.2, 0.25) is 5.91 Å². The van der Waals surface area contributed by atoms with Crippen LogP contribution in [0.1, 0.15) is 18.4 Å². The van der Waals surface area contributed by atoms with E-state index in [-0.39, 0.29) is 11.8 Å². The van der Waals surface area contributed by atoms with E-state index in [4.69, 9.17) is 4.74 Å². The summed E-state index contributed by atoms with van der Waals surface area (Å²) in [5, 5.41) is 6.21. The van der Waals surface area contributed by atoms with E-state index >= 15 is 0 Å². The highest BCUT2D eigenvalue weighted by Gasteiger charge is 2.22. The van der Waals surface area contributed by atoms with Gasteiger partial charge in [-0.15, -0.1) is 0 Å². The van der Waals surface area contributed by atoms with Crippen molar-refractivity contribution in [1.29, 1.82) is 0 Å². The SMILES string of the molecule is O=C(Nc1ccc2c(c1)CCCO2)C1CCNC1. The second-order valence-corrected chi connectivity index (χ2v) is 4.95. The molecule has 18 heavy (non-hydrogen) atoms. The third-order valence-electron chi connectivity index (χ3n) is 3.61. The lowest BCUT2D eigenvalue weighted by molar-refractivity contribution is -0.119. The molecule has 1 fully saturated rings. The van der Waals surface area contributed by atoms with Crippen molar-refractivity contribution in [2.45, 2.75) is 19.3 Å². The summed E-state index contributed by atoms with van der Waals surface area (Å²) < 4.78 is 5.56. The maximum atomic E-state index is 12.0. The Labute approximate surface area is 107 Å². The minimum atomic E-state index is 0.109. The van der Waals surface area contributed by atoms with Crippen LogP contribution in [0.15, 0.2) is 18.2 Å². The molecule has 1 atom stereocenters. The maximum absolute atomic E-state index is 12.0. The molecule has 0 bridgehead atoms. The van der Waals surface area contributed by atoms with Crippen LogP contribution >= 0.6 is 0 Å². The lowest BCUT2D eigenvalue weighted by atomic mass is 10.0. The fourth-order valence-corrected chi connectivity index (χ4v) is 2.56. The van der Waals surface area contributed by atoms with Crippen LogP contribution in [-0.4, -0.2) is 25.6 Å². The maximum Gasteiger partial charge on any atom is 0.228 e. The Morgan fingerprint density at radius 1 is 1.44 bits per heavy atom. The number of benzene rings is 1. The molecule has 1 saturated heterocycles. The Kier molecular flexibility index (Phi) is 3.19. The first kappa shape index (κ1) is 11.5. The Bertz CT molecular complexity index is 453. The number of nitrogens with one attached hydrogen (secondary N) is 2. The van der Waals surface area contributed by atoms with Gasteiger partial charge in [-0.1, -0.05) is 0 Å². The molecule has 96 valence electrons. The predicted molar refractivity (Wildman–Crippen MR) is 69.9 cm³/mol. The second-order valence-electron chi connectivity index (χ2n) is 4.95. The normalized spacial score (nSPS) is 22.1. The zero-order chi connectivity index (χ0) is 12.4. The first-order valence-corrected chi connectivity index (χ1v) is 6.60. The van der Waals surface area contributed by atoms with Gasteiger partial charge in [-0.25, -0.2) is 0 Å². The minimum absolute atomic E-state index is 0.109. The summed E-state index contributed by atoms with van der Waals surface area (Å²) in [7, 11) is 0. The molecule has 1 aromatic rings. The van der Waals surface area contributed by atoms with Gasteiger partial charge in [0, 0.05) is 12.2 Å². The van der Waals surface area contributed by atoms with E-state index in [2.05, 4.69) is 10.6 Å². The molecule has 2 N–H and O–H groups in total. The van der Waals surface area contributed by atoms with E-state index < -0.39 is 0 Å². The van der Waals surface area contributed by atoms with E-state index in [0.29, 0.717) is 0 Å². The topological polar surface area (TPSA) is 50.4 Å². The molecule has 3 rings (SSSR count). The summed E-state index contributed by atoms with van der Waals surface area (Å²) in [5.74, 6) is 1.19. The Balaban J connectivity index is 1.70. The van der Waals surface area contributed by atoms with Crippen molar-refractivity contribution >= 4 is 11.6 Å². The Hall–Kier alpha value is -1.55. The van der Waals surface area contributed by atoms with Crippen molar-refractivity contribution in [3.8, 4) is 5.75 Å². The number of amides is 1. The van der Waals surface area contributed by atoms with Crippen LogP contribution in [0.3, 0.4) is 0 Å². The second kappa shape index (κ2) is 4.98. The van der Waals surface area contributed by atoms with Gasteiger partial charge in [0.15, 0.2) is 0 Å². The van der Waals surface area contributed by atoms with Gasteiger partial charge in [-0.3, -0.25) is 4.79 Å². The van der Waals surface area contributed by atoms with Gasteiger partial charge < -0.3 is 15.4 Å². The fourth-order valence-electron chi connectivity index (χ4n) is 2.56. The molecule has 0 radical (unpaired) electrons. The van der Waals surface area contributed by atoms with Crippen molar-refractivity contribution in [3.63, 3.8) is 0 Å². The summed E-state index contributed by atoms with van der Waals surface area (Å²) >= 11 is 0. The highest BCUT2D eigenvalue weighted by molar-refractivity contribution is 5.93. The van der Waals surface area contributed by atoms with Crippen LogP contribution in [0, 0.1) is 5.92 Å². The highest BCUT2D eigenvalue weighted by Crippen LogP contribution is 2.27. The fraction of sp³-hybridized carbons (Fsp3) is 0.500. The number of aryl methyl sites for hydroxylation is 1. The molecule has 2 aliphatic rings. The molecule has 1 amide bonds. The number of carbonyl (C=O) groups excluding carboxylic acids is 1. The number of anilines is 1. The molecule has 2 aliphatic heterocycles. The number of hydrogen-bond donors (Lipinski definition) is 2. The quantitative estimate of drug-likeness (QED) is 0.832. The number of ether oxygens (including phenoxy) is 1. The van der Waals surface area contributed by atoms with Crippen LogP contribution in [0.4, 0.5) is 5.69 Å². The van der Waals surface area contributed by atoms with E-state index in [9.17, 15) is 4.79 Å². The Morgan fingerprint density at radius 3 is 3.22 bits per heavy atom. The molecule has 4 heteroatoms. The van der Waals surface area contributed by atoms with Crippen molar-refractivity contribution in [1.82, 2.24) is 5.32 Å². The highest BCUT2D eigenvalue weighted by atomic mass is 16.5. The minimum Gasteiger partial charge on any atom is -0.493 e. The molecular weight excluding hydrogens is 228 g/mol. The summed E-state index contributed by atoms with van der Waals surface area (Å²) in [6, 6.07) is 5.91. The monoisotopic (exact) mass is 246 g/mol. The van der Waals surface area contributed by atoms with Crippen LogP contribution in [-0.2, 0) is 11.2 Å². The van der Waals surface area contributed by atoms with Crippen LogP contribution in [0.2, 0.25) is 0 Å². The molecule has 1 aromatic carbocycles. The molecule has 2 heterocycles. The molecule has 1 unspecified atom stereocenters. The van der Waals surface area contributed by atoms with E-state index in [1.54, 1.807) is 0 Å². The van der Waals surface area contributed by atoms with Crippen LogP contribution in [0.5, 0.6) is 5.75 Å². The van der Waals surface area contributed by atoms with Crippen molar-refractivity contribution in [3.05, 3.63) is 23.8 Å². The van der Waals surface area contributed by atoms with Crippen molar-refractivity contribution in [2.24, 2.45) is 5.92 Å². The van der Waals surface area contributed by atoms with Gasteiger partial charge in [0.1, 0.15) is 5.75 Å². The van der Waals surface area contributed by atoms with E-state index in [1.807, 2.05) is 18.2 Å². The van der Waals surface area contributed by atoms with Gasteiger partial charge in [0.25, 0.3) is 0 Å². The molecule has 0 aromatic heterocycles. The molecule has 0 spiro atoms. The predicted octanol–water partition coefficient (Wildman–Crippen LogP) is 1.56. The summed E-state index contributed by atoms with van der Waals surface area (Å²) in [5.41, 5.74) is 2.08. The summed E-state index contributed by atoms with van der Waals surface area (Å²) in [4.78, 5) is 12.0. The Morgan fingerprint density at radius 2 is 2.39 bits per heavy atom. The third-order valence-corrected chi connectivity index (χ3v) is 3.61. The van der Waals surface area contributed by atoms with Gasteiger partial charge in [0.05, 0.1) is 12.5 Å². The standard InChI is InChI=1S/C14H18N2O2/c17-14(11-5-6-15-9-11)16-12-3-4-13-10(8-12)2-1-7-18-13/h3-4,8,11,15H,1-2,5-7,9H2,(H,16,17). The zero-order valence-corrected chi connectivity index (χ0v) is 10.4. The lowest BCUT2D eigenvalue weighted by Crippen LogP contribution is -2.24. The molecular formula is C14H18N2O2. The van der Waals surface area contributed by atoms with Gasteiger partial charge in [-0.05, 0) is 49.6 Å². The van der Waals surface area contributed by atoms with Gasteiger partial charge in [-0.2, -0.15) is 0 Å². The largest absolute Gasteiger partial charge is 0.493 e. The van der Waals surface area contributed by atoms with E-state index in [1.165, 1.54) is 5.56 Å². The van der Waals surface area contributed by atoms with Gasteiger partial charge >= 0.3 is 0 Å². The summed E-state index contributed by atoms with van der Waals surface area (Å²) in [6.45, 7) is 2.53. The number of carbonyl (C=O) groups is 1. The van der Waals surface area contributed by atoms with Crippen LogP contribution in [0.25, 0.3) is 0 Å². The van der Waals surface area contributed by atoms with Crippen molar-refractivity contribution in [2.75, 3.05) is 25.0 Å². The number of rotatable bonds is 2. The zero-order valence-electron chi connectivity index (χ0n) is 10.4. The van der Waals surface area contributed by atoms with Crippen LogP contribution < -0.4 is 15.4 Å².